The number of ketones is 12. The lowest BCUT2D eigenvalue weighted by Gasteiger charge is -2.56. The number of thioether (sulfide) groups is 4. The van der Waals surface area contributed by atoms with Crippen LogP contribution in [0.25, 0.3) is 32.3 Å². The van der Waals surface area contributed by atoms with Crippen LogP contribution in [0, 0.1) is 114 Å². The molecule has 7 aromatic rings. The fraction of sp³-hybridized carbons (Fsp3) is 0.514. The first-order valence-corrected chi connectivity index (χ1v) is 54.1. The van der Waals surface area contributed by atoms with Gasteiger partial charge in [0.15, 0.2) is 60.9 Å². The van der Waals surface area contributed by atoms with Crippen molar-refractivity contribution in [3.05, 3.63) is 186 Å². The number of hydrogen-bond acceptors (Lipinski definition) is 26. The van der Waals surface area contributed by atoms with E-state index in [0.29, 0.717) is 36.5 Å². The quantitative estimate of drug-likeness (QED) is 0.0386. The third-order valence-electron chi connectivity index (χ3n) is 38.0. The summed E-state index contributed by atoms with van der Waals surface area (Å²) < 4.78 is 3.71. The number of hydrogen-bond donors (Lipinski definition) is 6. The van der Waals surface area contributed by atoms with E-state index in [9.17, 15) is 78.0 Å². The van der Waals surface area contributed by atoms with E-state index in [1.807, 2.05) is 149 Å². The lowest BCUT2D eigenvalue weighted by molar-refractivity contribution is -0.166. The highest BCUT2D eigenvalue weighted by Gasteiger charge is 2.74. The summed E-state index contributed by atoms with van der Waals surface area (Å²) in [5.74, 6) is 0.0895. The molecule has 23 nitrogen and oxygen atoms in total. The summed E-state index contributed by atoms with van der Waals surface area (Å²) in [6.45, 7) is 16.1. The van der Waals surface area contributed by atoms with Crippen LogP contribution in [0.2, 0.25) is 0 Å². The monoisotopic (exact) mass is 1970 g/mol. The van der Waals surface area contributed by atoms with Crippen molar-refractivity contribution in [2.45, 2.75) is 226 Å². The first kappa shape index (κ1) is 97.1. The summed E-state index contributed by atoms with van der Waals surface area (Å²) in [7, 11) is 1.93. The number of aromatic nitrogens is 6. The second kappa shape index (κ2) is 35.3. The zero-order valence-corrected chi connectivity index (χ0v) is 84.1. The normalized spacial score (nSPS) is 38.3. The van der Waals surface area contributed by atoms with Crippen LogP contribution in [0.1, 0.15) is 184 Å². The van der Waals surface area contributed by atoms with E-state index >= 15 is 0 Å². The van der Waals surface area contributed by atoms with Gasteiger partial charge in [0.05, 0.1) is 60.3 Å². The van der Waals surface area contributed by atoms with Crippen molar-refractivity contribution >= 4 is 166 Å². The standard InChI is InChI=1S/C29H32N2O4S.C28H30N2O4S2.C28H30N2O4S.C26H29NO4S/c1-27-12-10-18(32)14-17(27)8-9-19-20-11-13-29(35,28(20,2)15-23(33)25(19)27)24(34)16-36-26-30-21-6-4-5-7-22(21)31(26)3;1-26-9-7-17(31)11-15(26)3-5-18-19-8-10-28(34,27(19,2)13-21(32)24(18)26)23(33)14-35-25-30-20-6-4-16(29)12-22(20)36-25;1-26-11-9-17(31)13-16(26)7-8-18-19-10-12-28(34,27(19,2)14-22(32)24(18)26)23(33)15-35-25-29-20-5-3-4-6-21(20)30-25;1-24-10-8-17(28)13-16(24)6-7-18-19-9-11-26(31,25(19,2)14-20(29)23(18)24)21(30)15-32-22-5-3-4-12-27-22/h4-7,10,12,14,19-20,25,35H,8-9,11,13,15-16H2,1-3H3;4,6-7,9,11-12,18-19,24,34H,3,5,8,10,13-14,29H2,1-2H3;3-6,9,11,13,18-19,24,34H,7-8,10,12,14-15H2,1-2H3,(H,29,30);3-5,8,10,12-13,18-19,23,31H,6-7,9,11,14-15H2,1-2H3/t19?,20?,25?,27?,28?,29-;2*18?,19?,24?,26?,27?,28-;18?,19?,23?,24?,25?,26-/m0000/s1. The van der Waals surface area contributed by atoms with E-state index in [1.54, 1.807) is 54.8 Å². The number of aryl methyl sites for hydroxylation is 1. The Bertz CT molecular complexity index is 6660. The Labute approximate surface area is 829 Å². The Hall–Kier alpha value is -9.36. The molecule has 28 heteroatoms. The van der Waals surface area contributed by atoms with Gasteiger partial charge < -0.3 is 35.7 Å². The number of allylic oxidation sites excluding steroid dienone is 16. The largest absolute Gasteiger partial charge is 0.399 e. The summed E-state index contributed by atoms with van der Waals surface area (Å²) in [6, 6.07) is 26.7. The first-order valence-electron chi connectivity index (χ1n) is 49.3. The number of Topliss-reactive ketones (excluding diaryl/α,β-unsaturated/α-hetero) is 8. The number of thiazole rings is 1. The zero-order chi connectivity index (χ0) is 98.2. The number of imidazole rings is 2. The molecule has 0 radical (unpaired) electrons. The van der Waals surface area contributed by atoms with Gasteiger partial charge in [0.25, 0.3) is 0 Å². The number of nitrogen functional groups attached to an aromatic ring is 1. The highest BCUT2D eigenvalue weighted by atomic mass is 32.2. The lowest BCUT2D eigenvalue weighted by atomic mass is 9.46. The minimum Gasteiger partial charge on any atom is -0.399 e. The molecule has 12 fully saturated rings. The number of nitrogens with one attached hydrogen (secondary N) is 1. The molecule has 4 heterocycles. The third kappa shape index (κ3) is 15.4. The summed E-state index contributed by atoms with van der Waals surface area (Å²) >= 11 is 6.83. The Morgan fingerprint density at radius 2 is 0.791 bits per heavy atom. The molecule has 0 aliphatic heterocycles. The summed E-state index contributed by atoms with van der Waals surface area (Å²) in [5.41, 5.74) is 4.31. The molecule has 3 aromatic carbocycles. The molecular weight excluding hydrogens is 1850 g/mol. The maximum absolute atomic E-state index is 13.8. The van der Waals surface area contributed by atoms with E-state index in [4.69, 9.17) is 5.73 Å². The second-order valence-corrected chi connectivity index (χ2v) is 49.6. The average Bonchev–Trinajstić information content (AvgIpc) is 1.59. The number of nitrogens with zero attached hydrogens (tertiary/aromatic N) is 5. The fourth-order valence-electron chi connectivity index (χ4n) is 30.6. The summed E-state index contributed by atoms with van der Waals surface area (Å²) in [6.07, 6.45) is 34.3. The van der Waals surface area contributed by atoms with Crippen LogP contribution in [-0.2, 0) is 64.6 Å². The number of para-hydroxylation sites is 4. The van der Waals surface area contributed by atoms with E-state index in [2.05, 4.69) is 52.6 Å². The molecule has 20 unspecified atom stereocenters. The number of carbonyl (C=O) groups excluding carboxylic acids is 12. The molecule has 4 aromatic heterocycles. The zero-order valence-electron chi connectivity index (χ0n) is 80.0. The summed E-state index contributed by atoms with van der Waals surface area (Å²) in [5, 5.41) is 49.5. The van der Waals surface area contributed by atoms with Crippen LogP contribution in [0.5, 0.6) is 0 Å². The number of rotatable bonds is 16. The number of anilines is 1. The van der Waals surface area contributed by atoms with Crippen molar-refractivity contribution in [2.24, 2.45) is 121 Å². The number of carbonyl (C=O) groups is 12. The van der Waals surface area contributed by atoms with Gasteiger partial charge in [-0.1, -0.05) is 179 Å². The predicted molar refractivity (Wildman–Crippen MR) is 536 cm³/mol. The van der Waals surface area contributed by atoms with Gasteiger partial charge in [-0.15, -0.1) is 11.3 Å². The highest BCUT2D eigenvalue weighted by Crippen LogP contribution is 2.72. The van der Waals surface area contributed by atoms with Gasteiger partial charge in [-0.2, -0.15) is 0 Å². The van der Waals surface area contributed by atoms with Crippen molar-refractivity contribution in [1.82, 2.24) is 29.5 Å². The highest BCUT2D eigenvalue weighted by molar-refractivity contribution is 8.01. The fourth-order valence-corrected chi connectivity index (χ4v) is 35.4. The van der Waals surface area contributed by atoms with Crippen molar-refractivity contribution in [3.63, 3.8) is 0 Å². The van der Waals surface area contributed by atoms with Crippen molar-refractivity contribution in [2.75, 3.05) is 28.7 Å². The molecule has 7 N–H and O–H groups in total. The molecule has 24 atom stereocenters. The first-order chi connectivity index (χ1) is 66.0. The van der Waals surface area contributed by atoms with Crippen molar-refractivity contribution in [1.29, 1.82) is 0 Å². The average molecular weight is 1970 g/mol. The molecule has 0 spiro atoms. The van der Waals surface area contributed by atoms with Gasteiger partial charge >= 0.3 is 0 Å². The van der Waals surface area contributed by atoms with Crippen molar-refractivity contribution < 1.29 is 78.0 Å². The van der Waals surface area contributed by atoms with E-state index in [1.165, 1.54) is 58.4 Å². The number of pyridine rings is 1. The Balaban J connectivity index is 0.000000114. The number of aliphatic hydroxyl groups is 4. The number of fused-ring (bicyclic) bond motifs is 23. The number of H-pyrrole nitrogens is 1. The van der Waals surface area contributed by atoms with E-state index < -0.39 is 65.7 Å². The van der Waals surface area contributed by atoms with Crippen LogP contribution in [0.15, 0.2) is 206 Å². The SMILES string of the molecule is CC12C=CC(=O)C=C1CCC1C2C(=O)CC2(C)C1CC[C@]2(O)C(=O)CSc1ccccn1.CC12C=CC(=O)C=C1CCC1C2C(=O)CC2(C)C1CC[C@]2(O)C(=O)CSc1nc2ccc(N)cc2s1.CC12C=CC(=O)C=C1CCC1C2C(=O)CC2(C)C1CC[C@]2(O)C(=O)CSc1nc2ccccc2[nH]1.Cn1c(SCC(=O)[C@@]2(O)CCC3C4CCC5=CC(=O)C=CC5(C)C4C(=O)CC32C)nc2ccccc21. The molecule has 726 valence electrons. The van der Waals surface area contributed by atoms with Gasteiger partial charge in [-0.3, -0.25) is 57.5 Å². The third-order valence-corrected chi connectivity index (χ3v) is 43.0. The molecule has 0 bridgehead atoms. The van der Waals surface area contributed by atoms with Crippen LogP contribution >= 0.6 is 58.4 Å². The minimum absolute atomic E-state index is 0.00438. The van der Waals surface area contributed by atoms with Crippen LogP contribution in [0.4, 0.5) is 5.69 Å². The van der Waals surface area contributed by atoms with Crippen LogP contribution < -0.4 is 5.73 Å². The molecule has 0 amide bonds. The van der Waals surface area contributed by atoms with Crippen molar-refractivity contribution in [3.8, 4) is 0 Å². The maximum Gasteiger partial charge on any atom is 0.178 e. The van der Waals surface area contributed by atoms with Crippen LogP contribution in [0.3, 0.4) is 0 Å². The Kier molecular flexibility index (Phi) is 24.7. The van der Waals surface area contributed by atoms with Gasteiger partial charge in [0, 0.05) is 112 Å². The molecule has 16 aliphatic rings. The van der Waals surface area contributed by atoms with E-state index in [-0.39, 0.29) is 189 Å². The Morgan fingerprint density at radius 1 is 0.424 bits per heavy atom. The van der Waals surface area contributed by atoms with E-state index in [0.717, 1.165) is 146 Å². The summed E-state index contributed by atoms with van der Waals surface area (Å²) in [4.78, 5) is 178. The second-order valence-electron chi connectivity index (χ2n) is 44.5. The van der Waals surface area contributed by atoms with Gasteiger partial charge in [-0.25, -0.2) is 19.9 Å². The predicted octanol–water partition coefficient (Wildman–Crippen LogP) is 17.6. The number of nitrogens with two attached hydrogens (primary N) is 1. The van der Waals surface area contributed by atoms with Gasteiger partial charge in [0.1, 0.15) is 45.5 Å². The number of aromatic amines is 1. The topological polar surface area (TPSA) is 384 Å². The minimum atomic E-state index is -1.53. The molecule has 23 rings (SSSR count). The molecule has 0 saturated heterocycles. The van der Waals surface area contributed by atoms with Gasteiger partial charge in [-0.05, 0) is 253 Å². The lowest BCUT2D eigenvalue weighted by Crippen LogP contribution is -2.60. The molecule has 139 heavy (non-hydrogen) atoms. The Morgan fingerprint density at radius 3 is 1.18 bits per heavy atom. The smallest absolute Gasteiger partial charge is 0.178 e. The maximum atomic E-state index is 13.8. The molecular formula is C111H121N7O16S5. The molecule has 16 aliphatic carbocycles. The van der Waals surface area contributed by atoms with Gasteiger partial charge in [0.2, 0.25) is 0 Å². The molecule has 12 saturated carbocycles. The number of benzene rings is 3. The van der Waals surface area contributed by atoms with Crippen LogP contribution in [-0.4, -0.2) is 165 Å².